The van der Waals surface area contributed by atoms with Crippen molar-refractivity contribution in [3.8, 4) is 0 Å². The largest absolute Gasteiger partial charge is 0.378 e. The third-order valence-corrected chi connectivity index (χ3v) is 1.69. The molecule has 0 aromatic heterocycles. The molecule has 0 bridgehead atoms. The summed E-state index contributed by atoms with van der Waals surface area (Å²) in [6, 6.07) is 0. The molecule has 1 heterocycles. The van der Waals surface area contributed by atoms with E-state index in [1.807, 2.05) is 0 Å². The van der Waals surface area contributed by atoms with Gasteiger partial charge in [0.1, 0.15) is 0 Å². The zero-order valence-corrected chi connectivity index (χ0v) is 6.03. The third-order valence-electron chi connectivity index (χ3n) is 0.813. The molecule has 1 saturated heterocycles. The molecule has 1 aliphatic rings. The zero-order valence-electron chi connectivity index (χ0n) is 3.87. The highest BCUT2D eigenvalue weighted by atomic mass is 127. The van der Waals surface area contributed by atoms with Crippen LogP contribution in [0.3, 0.4) is 0 Å². The van der Waals surface area contributed by atoms with Crippen molar-refractivity contribution in [3.05, 3.63) is 0 Å². The smallest absolute Gasteiger partial charge is 0.358 e. The molecule has 3 nitrogen and oxygen atoms in total. The van der Waals surface area contributed by atoms with E-state index in [1.54, 1.807) is 0 Å². The van der Waals surface area contributed by atoms with Gasteiger partial charge in [0.05, 0.1) is 0 Å². The maximum absolute atomic E-state index is 3.15. The fourth-order valence-electron chi connectivity index (χ4n) is 0.458. The first-order valence-corrected chi connectivity index (χ1v) is 3.46. The molecule has 7 heteroatoms. The predicted molar refractivity (Wildman–Crippen MR) is 43.5 cm³/mol. The molecule has 3 N–H and O–H groups in total. The molecular weight excluding hydrogens is 201 g/mol. The molecule has 0 spiro atoms. The van der Waals surface area contributed by atoms with Gasteiger partial charge in [-0.15, -0.1) is 22.4 Å². The minimum atomic E-state index is 0.443. The second-order valence-electron chi connectivity index (χ2n) is 1.37. The van der Waals surface area contributed by atoms with Crippen LogP contribution in [0.2, 0.25) is 0 Å². The highest BCUT2D eigenvalue weighted by molar-refractivity contribution is 14.1. The van der Waals surface area contributed by atoms with Crippen molar-refractivity contribution in [2.45, 2.75) is 0 Å². The van der Waals surface area contributed by atoms with E-state index in [0.29, 0.717) is 4.84 Å². The van der Waals surface area contributed by atoms with Gasteiger partial charge in [0.2, 0.25) is 0 Å². The van der Waals surface area contributed by atoms with Crippen LogP contribution in [-0.4, -0.2) is 19.9 Å². The van der Waals surface area contributed by atoms with E-state index in [9.17, 15) is 0 Å². The monoisotopic (exact) mass is 207 g/mol. The summed E-state index contributed by atoms with van der Waals surface area (Å²) in [5.41, 5.74) is 0. The molecule has 36 valence electrons. The first-order valence-electron chi connectivity index (χ1n) is 2.21. The number of nitrogens with one attached hydrogen (secondary N) is 3. The zero-order chi connectivity index (χ0) is 5.11. The van der Waals surface area contributed by atoms with Crippen LogP contribution < -0.4 is 15.4 Å². The summed E-state index contributed by atoms with van der Waals surface area (Å²) in [7, 11) is 1.83. The van der Waals surface area contributed by atoms with Crippen molar-refractivity contribution < 1.29 is 0 Å². The van der Waals surface area contributed by atoms with Crippen molar-refractivity contribution in [1.82, 2.24) is 15.4 Å². The Morgan fingerprint density at radius 2 is 1.86 bits per heavy atom. The Balaban J connectivity index is 2.12. The highest BCUT2D eigenvalue weighted by Crippen LogP contribution is 1.81. The van der Waals surface area contributed by atoms with Crippen LogP contribution in [0.25, 0.3) is 0 Å². The number of halogens is 1. The number of hydrogen-bond acceptors (Lipinski definition) is 3. The predicted octanol–water partition coefficient (Wildman–Crippen LogP) is -2.28. The summed E-state index contributed by atoms with van der Waals surface area (Å²) in [5, 5.41) is 9.38. The summed E-state index contributed by atoms with van der Waals surface area (Å²) in [6.07, 6.45) is 0. The van der Waals surface area contributed by atoms with E-state index in [1.165, 1.54) is 0 Å². The Bertz CT molecular complexity index is 52.1. The molecule has 1 rings (SSSR count). The summed E-state index contributed by atoms with van der Waals surface area (Å²) in [5.74, 6) is 0. The van der Waals surface area contributed by atoms with Gasteiger partial charge >= 0.3 is 4.84 Å². The SMILES string of the molecule is IB1NBNBN1. The number of rotatable bonds is 0. The van der Waals surface area contributed by atoms with Crippen molar-refractivity contribution in [2.24, 2.45) is 0 Å². The molecule has 0 aromatic rings. The Hall–Kier alpha value is 0.805. The second kappa shape index (κ2) is 2.96. The average molecular weight is 206 g/mol. The van der Waals surface area contributed by atoms with Gasteiger partial charge in [0.15, 0.2) is 0 Å². The Morgan fingerprint density at radius 3 is 2.14 bits per heavy atom. The van der Waals surface area contributed by atoms with E-state index < -0.39 is 0 Å². The van der Waals surface area contributed by atoms with E-state index in [-0.39, 0.29) is 0 Å². The van der Waals surface area contributed by atoms with Crippen molar-refractivity contribution >= 4 is 42.3 Å². The fourth-order valence-corrected chi connectivity index (χ4v) is 0.899. The maximum Gasteiger partial charge on any atom is 0.358 e. The first kappa shape index (κ1) is 5.93. The topological polar surface area (TPSA) is 36.1 Å². The van der Waals surface area contributed by atoms with Gasteiger partial charge in [0, 0.05) is 0 Å². The molecular formula is H5B3IN3. The molecule has 0 radical (unpaired) electrons. The van der Waals surface area contributed by atoms with E-state index in [0.717, 1.165) is 15.1 Å². The van der Waals surface area contributed by atoms with E-state index in [4.69, 9.17) is 0 Å². The van der Waals surface area contributed by atoms with Crippen LogP contribution in [0.5, 0.6) is 0 Å². The van der Waals surface area contributed by atoms with E-state index in [2.05, 4.69) is 37.8 Å². The second-order valence-corrected chi connectivity index (χ2v) is 2.62. The summed E-state index contributed by atoms with van der Waals surface area (Å²) in [4.78, 5) is 0.443. The molecule has 0 unspecified atom stereocenters. The molecule has 0 saturated carbocycles. The molecule has 0 aromatic carbocycles. The molecule has 1 aliphatic heterocycles. The third kappa shape index (κ3) is 2.03. The summed E-state index contributed by atoms with van der Waals surface area (Å²) >= 11 is 2.29. The minimum Gasteiger partial charge on any atom is -0.378 e. The Kier molecular flexibility index (Phi) is 2.51. The van der Waals surface area contributed by atoms with Gasteiger partial charge in [-0.3, -0.25) is 0 Å². The van der Waals surface area contributed by atoms with Gasteiger partial charge < -0.3 is 15.4 Å². The van der Waals surface area contributed by atoms with Gasteiger partial charge in [-0.25, -0.2) is 0 Å². The molecule has 0 amide bonds. The molecule has 7 heavy (non-hydrogen) atoms. The lowest BCUT2D eigenvalue weighted by Gasteiger charge is -2.14. The van der Waals surface area contributed by atoms with Crippen molar-refractivity contribution in [3.63, 3.8) is 0 Å². The van der Waals surface area contributed by atoms with Crippen LogP contribution in [0.15, 0.2) is 0 Å². The van der Waals surface area contributed by atoms with Gasteiger partial charge in [-0.1, -0.05) is 0 Å². The maximum atomic E-state index is 3.15. The lowest BCUT2D eigenvalue weighted by Crippen LogP contribution is -2.60. The standard InChI is InChI=1S/B3H5IN3/c4-3-6-1-5-2-7-3/h1-2,5-7H. The summed E-state index contributed by atoms with van der Waals surface area (Å²) in [6.45, 7) is 0. The molecule has 0 atom stereocenters. The normalized spacial score (nSPS) is 20.4. The Morgan fingerprint density at radius 1 is 1.29 bits per heavy atom. The van der Waals surface area contributed by atoms with Crippen LogP contribution >= 0.6 is 22.4 Å². The van der Waals surface area contributed by atoms with Crippen LogP contribution in [0.1, 0.15) is 0 Å². The lowest BCUT2D eigenvalue weighted by atomic mass is 9.85. The molecule has 0 aliphatic carbocycles. The van der Waals surface area contributed by atoms with Crippen LogP contribution in [-0.2, 0) is 0 Å². The summed E-state index contributed by atoms with van der Waals surface area (Å²) < 4.78 is 0. The lowest BCUT2D eigenvalue weighted by molar-refractivity contribution is 1.28. The van der Waals surface area contributed by atoms with Gasteiger partial charge in [-0.05, 0) is 0 Å². The molecule has 1 fully saturated rings. The Labute approximate surface area is 57.9 Å². The van der Waals surface area contributed by atoms with Crippen molar-refractivity contribution in [1.29, 1.82) is 0 Å². The highest BCUT2D eigenvalue weighted by Gasteiger charge is 2.12. The van der Waals surface area contributed by atoms with Gasteiger partial charge in [-0.2, -0.15) is 0 Å². The average Bonchev–Trinajstić information content (AvgIpc) is 1.69. The number of hydrogen-bond donors (Lipinski definition) is 3. The quantitative estimate of drug-likeness (QED) is 0.309. The first-order chi connectivity index (χ1) is 3.39. The van der Waals surface area contributed by atoms with Crippen molar-refractivity contribution in [2.75, 3.05) is 0 Å². The minimum absolute atomic E-state index is 0.443. The van der Waals surface area contributed by atoms with Crippen LogP contribution in [0.4, 0.5) is 0 Å². The fraction of sp³-hybridized carbons (Fsp3) is 0. The van der Waals surface area contributed by atoms with Gasteiger partial charge in [0.25, 0.3) is 15.1 Å². The van der Waals surface area contributed by atoms with Crippen LogP contribution in [0, 0.1) is 0 Å². The van der Waals surface area contributed by atoms with E-state index >= 15 is 0 Å².